The third kappa shape index (κ3) is 4.22. The molecule has 170 valence electrons. The van der Waals surface area contributed by atoms with Gasteiger partial charge in [-0.2, -0.15) is 0 Å². The first kappa shape index (κ1) is 21.2. The molecule has 0 bridgehead atoms. The molecule has 0 spiro atoms. The molecule has 6 heteroatoms. The molecule has 2 aliphatic heterocycles. The van der Waals surface area contributed by atoms with E-state index in [1.807, 2.05) is 50.5 Å². The van der Waals surface area contributed by atoms with Gasteiger partial charge in [0.05, 0.1) is 6.61 Å². The zero-order valence-electron chi connectivity index (χ0n) is 18.7. The Morgan fingerprint density at radius 2 is 1.61 bits per heavy atom. The van der Waals surface area contributed by atoms with Crippen LogP contribution in [0.25, 0.3) is 11.1 Å². The lowest BCUT2D eigenvalue weighted by atomic mass is 9.84. The molecule has 0 unspecified atom stereocenters. The van der Waals surface area contributed by atoms with Crippen molar-refractivity contribution in [1.29, 1.82) is 0 Å². The molecule has 33 heavy (non-hydrogen) atoms. The van der Waals surface area contributed by atoms with E-state index in [1.165, 1.54) is 0 Å². The lowest BCUT2D eigenvalue weighted by Gasteiger charge is -2.31. The topological polar surface area (TPSA) is 71.4 Å². The van der Waals surface area contributed by atoms with Gasteiger partial charge in [-0.25, -0.2) is 0 Å². The second-order valence-electron chi connectivity index (χ2n) is 8.57. The van der Waals surface area contributed by atoms with Crippen LogP contribution in [0.15, 0.2) is 60.7 Å². The van der Waals surface area contributed by atoms with Gasteiger partial charge in [0.1, 0.15) is 41.5 Å². The Labute approximate surface area is 193 Å². The molecule has 0 fully saturated rings. The zero-order valence-corrected chi connectivity index (χ0v) is 18.7. The largest absolute Gasteiger partial charge is 0.508 e. The minimum absolute atomic E-state index is 0.163. The van der Waals surface area contributed by atoms with Crippen LogP contribution in [0.5, 0.6) is 28.7 Å². The van der Waals surface area contributed by atoms with Gasteiger partial charge in [-0.1, -0.05) is 12.1 Å². The maximum atomic E-state index is 10.1. The molecular weight excluding hydrogens is 418 g/mol. The highest BCUT2D eigenvalue weighted by atomic mass is 16.5. The SMILES string of the molecule is CN(C)CCOc1ccc([C@H]2Oc3cc(O)ccc3C3=C2c2ccc(O)cc2OCC3)cc1. The van der Waals surface area contributed by atoms with Gasteiger partial charge in [0.25, 0.3) is 0 Å². The lowest BCUT2D eigenvalue weighted by Crippen LogP contribution is -2.19. The van der Waals surface area contributed by atoms with Crippen molar-refractivity contribution >= 4 is 11.1 Å². The number of benzene rings is 3. The first-order valence-corrected chi connectivity index (χ1v) is 11.1. The molecule has 0 aliphatic carbocycles. The quantitative estimate of drug-likeness (QED) is 0.584. The number of ether oxygens (including phenoxy) is 3. The Bertz CT molecular complexity index is 1200. The fourth-order valence-electron chi connectivity index (χ4n) is 4.36. The second kappa shape index (κ2) is 8.71. The van der Waals surface area contributed by atoms with Crippen molar-refractivity contribution in [1.82, 2.24) is 4.90 Å². The van der Waals surface area contributed by atoms with Gasteiger partial charge in [-0.05, 0) is 61.6 Å². The van der Waals surface area contributed by atoms with Crippen LogP contribution in [-0.2, 0) is 0 Å². The molecule has 0 amide bonds. The van der Waals surface area contributed by atoms with Crippen LogP contribution in [0.3, 0.4) is 0 Å². The number of rotatable bonds is 5. The second-order valence-corrected chi connectivity index (χ2v) is 8.57. The Balaban J connectivity index is 1.58. The van der Waals surface area contributed by atoms with Crippen molar-refractivity contribution in [3.63, 3.8) is 0 Å². The van der Waals surface area contributed by atoms with E-state index in [0.717, 1.165) is 40.1 Å². The molecule has 0 aromatic heterocycles. The standard InChI is InChI=1S/C27H27NO5/c1-28(2)12-14-31-20-7-3-17(4-8-20)27-26-22(21-9-5-19(30)16-25(21)33-27)11-13-32-24-15-18(29)6-10-23(24)26/h3-10,15-16,27,29-30H,11-14H2,1-2H3/t27-/m1/s1. The number of hydrogen-bond donors (Lipinski definition) is 2. The number of fused-ring (bicyclic) bond motifs is 4. The zero-order chi connectivity index (χ0) is 22.9. The van der Waals surface area contributed by atoms with Crippen LogP contribution in [0.4, 0.5) is 0 Å². The van der Waals surface area contributed by atoms with Crippen LogP contribution in [0, 0.1) is 0 Å². The van der Waals surface area contributed by atoms with E-state index in [0.29, 0.717) is 31.1 Å². The van der Waals surface area contributed by atoms with Gasteiger partial charge in [-0.3, -0.25) is 0 Å². The average molecular weight is 446 g/mol. The summed E-state index contributed by atoms with van der Waals surface area (Å²) in [5.41, 5.74) is 4.96. The summed E-state index contributed by atoms with van der Waals surface area (Å²) >= 11 is 0. The van der Waals surface area contributed by atoms with E-state index in [2.05, 4.69) is 4.90 Å². The molecule has 2 heterocycles. The van der Waals surface area contributed by atoms with E-state index >= 15 is 0 Å². The molecule has 5 rings (SSSR count). The molecule has 2 aliphatic rings. The van der Waals surface area contributed by atoms with Gasteiger partial charge in [-0.15, -0.1) is 0 Å². The highest BCUT2D eigenvalue weighted by molar-refractivity contribution is 5.98. The maximum Gasteiger partial charge on any atom is 0.150 e. The summed E-state index contributed by atoms with van der Waals surface area (Å²) in [6.07, 6.45) is 0.295. The molecule has 3 aromatic rings. The Hall–Kier alpha value is -3.64. The summed E-state index contributed by atoms with van der Waals surface area (Å²) in [7, 11) is 4.03. The summed E-state index contributed by atoms with van der Waals surface area (Å²) in [6.45, 7) is 1.94. The summed E-state index contributed by atoms with van der Waals surface area (Å²) in [6, 6.07) is 18.4. The lowest BCUT2D eigenvalue weighted by molar-refractivity contribution is 0.255. The van der Waals surface area contributed by atoms with Gasteiger partial charge in [0, 0.05) is 41.8 Å². The summed E-state index contributed by atoms with van der Waals surface area (Å²) in [5, 5.41) is 20.1. The number of phenols is 2. The third-order valence-corrected chi connectivity index (χ3v) is 5.98. The average Bonchev–Trinajstić information content (AvgIpc) is 2.98. The number of likely N-dealkylation sites (N-methyl/N-ethyl adjacent to an activating group) is 1. The molecule has 0 saturated carbocycles. The summed E-state index contributed by atoms with van der Waals surface area (Å²) in [4.78, 5) is 2.08. The molecule has 3 aromatic carbocycles. The third-order valence-electron chi connectivity index (χ3n) is 5.98. The fraction of sp³-hybridized carbons (Fsp3) is 0.259. The van der Waals surface area contributed by atoms with Crippen molar-refractivity contribution in [3.8, 4) is 28.7 Å². The molecule has 2 N–H and O–H groups in total. The van der Waals surface area contributed by atoms with Gasteiger partial charge in [0.15, 0.2) is 0 Å². The molecule has 0 saturated heterocycles. The summed E-state index contributed by atoms with van der Waals surface area (Å²) < 4.78 is 18.3. The first-order chi connectivity index (χ1) is 16.0. The summed E-state index contributed by atoms with van der Waals surface area (Å²) in [5.74, 6) is 2.41. The van der Waals surface area contributed by atoms with Gasteiger partial charge < -0.3 is 29.3 Å². The Kier molecular flexibility index (Phi) is 5.60. The number of phenolic OH excluding ortho intramolecular Hbond substituents is 2. The number of aromatic hydroxyl groups is 2. The monoisotopic (exact) mass is 445 g/mol. The minimum atomic E-state index is -0.393. The van der Waals surface area contributed by atoms with E-state index in [-0.39, 0.29) is 11.5 Å². The normalized spacial score (nSPS) is 16.8. The number of nitrogens with zero attached hydrogens (tertiary/aromatic N) is 1. The molecular formula is C27H27NO5. The highest BCUT2D eigenvalue weighted by Gasteiger charge is 2.34. The van der Waals surface area contributed by atoms with Crippen molar-refractivity contribution < 1.29 is 24.4 Å². The fourth-order valence-corrected chi connectivity index (χ4v) is 4.36. The van der Waals surface area contributed by atoms with Crippen LogP contribution in [0.1, 0.15) is 29.2 Å². The van der Waals surface area contributed by atoms with Gasteiger partial charge >= 0.3 is 0 Å². The van der Waals surface area contributed by atoms with Crippen molar-refractivity contribution in [2.75, 3.05) is 33.9 Å². The van der Waals surface area contributed by atoms with Gasteiger partial charge in [0.2, 0.25) is 0 Å². The molecule has 1 atom stereocenters. The van der Waals surface area contributed by atoms with E-state index in [9.17, 15) is 10.2 Å². The van der Waals surface area contributed by atoms with Crippen molar-refractivity contribution in [2.45, 2.75) is 12.5 Å². The molecule has 6 nitrogen and oxygen atoms in total. The van der Waals surface area contributed by atoms with Crippen LogP contribution >= 0.6 is 0 Å². The van der Waals surface area contributed by atoms with Crippen molar-refractivity contribution in [2.24, 2.45) is 0 Å². The van der Waals surface area contributed by atoms with E-state index in [4.69, 9.17) is 14.2 Å². The minimum Gasteiger partial charge on any atom is -0.508 e. The first-order valence-electron chi connectivity index (χ1n) is 11.1. The maximum absolute atomic E-state index is 10.1. The predicted octanol–water partition coefficient (Wildman–Crippen LogP) is 4.87. The van der Waals surface area contributed by atoms with Crippen LogP contribution < -0.4 is 14.2 Å². The predicted molar refractivity (Wildman–Crippen MR) is 127 cm³/mol. The van der Waals surface area contributed by atoms with Crippen molar-refractivity contribution in [3.05, 3.63) is 77.4 Å². The number of hydrogen-bond acceptors (Lipinski definition) is 6. The highest BCUT2D eigenvalue weighted by Crippen LogP contribution is 2.51. The van der Waals surface area contributed by atoms with E-state index < -0.39 is 6.10 Å². The molecule has 0 radical (unpaired) electrons. The Morgan fingerprint density at radius 1 is 0.909 bits per heavy atom. The Morgan fingerprint density at radius 3 is 2.33 bits per heavy atom. The van der Waals surface area contributed by atoms with Crippen LogP contribution in [0.2, 0.25) is 0 Å². The smallest absolute Gasteiger partial charge is 0.150 e. The van der Waals surface area contributed by atoms with Crippen LogP contribution in [-0.4, -0.2) is 49.0 Å². The van der Waals surface area contributed by atoms with E-state index in [1.54, 1.807) is 24.3 Å².